The molecule has 0 radical (unpaired) electrons. The highest BCUT2D eigenvalue weighted by atomic mass is 19.1. The summed E-state index contributed by atoms with van der Waals surface area (Å²) >= 11 is 0. The summed E-state index contributed by atoms with van der Waals surface area (Å²) in [5.41, 5.74) is 3.21. The largest absolute Gasteiger partial charge is 0.507 e. The van der Waals surface area contributed by atoms with Crippen LogP contribution < -0.4 is 9.64 Å². The summed E-state index contributed by atoms with van der Waals surface area (Å²) in [6, 6.07) is 15.5. The Hall–Kier alpha value is -5.31. The monoisotopic (exact) mass is 663 g/mol. The van der Waals surface area contributed by atoms with Crippen molar-refractivity contribution in [2.24, 2.45) is 0 Å². The fourth-order valence-electron chi connectivity index (χ4n) is 7.48. The predicted molar refractivity (Wildman–Crippen MR) is 186 cm³/mol. The minimum atomic E-state index is -1.03. The SMILES string of the molecule is C=CC(=O)N1CC2COc3c(-c4ccccc4)c(-c4c(C)ccnc4C(C)C)c4c(F)c(-c5c(O)cccc5F)c(F)cc4c3N2CC1C. The number of carbonyl (C=O) groups is 1. The van der Waals surface area contributed by atoms with Gasteiger partial charge in [0.25, 0.3) is 0 Å². The molecule has 0 spiro atoms. The van der Waals surface area contributed by atoms with E-state index in [4.69, 9.17) is 9.72 Å². The van der Waals surface area contributed by atoms with Crippen LogP contribution in [0.2, 0.25) is 0 Å². The number of piperazine rings is 1. The van der Waals surface area contributed by atoms with E-state index in [1.54, 1.807) is 11.1 Å². The maximum atomic E-state index is 17.7. The predicted octanol–water partition coefficient (Wildman–Crippen LogP) is 8.77. The van der Waals surface area contributed by atoms with E-state index in [2.05, 4.69) is 11.5 Å². The first-order valence-electron chi connectivity index (χ1n) is 16.4. The molecule has 6 nitrogen and oxygen atoms in total. The summed E-state index contributed by atoms with van der Waals surface area (Å²) in [6.07, 6.45) is 2.99. The Balaban J connectivity index is 1.68. The van der Waals surface area contributed by atoms with Gasteiger partial charge in [-0.05, 0) is 61.2 Å². The molecule has 5 aromatic rings. The molecule has 9 heteroatoms. The Labute approximate surface area is 283 Å². The molecule has 1 aromatic heterocycles. The van der Waals surface area contributed by atoms with Crippen LogP contribution in [-0.2, 0) is 4.79 Å². The molecule has 7 rings (SSSR count). The average Bonchev–Trinajstić information content (AvgIpc) is 3.08. The van der Waals surface area contributed by atoms with Gasteiger partial charge in [0, 0.05) is 52.8 Å². The van der Waals surface area contributed by atoms with E-state index >= 15 is 13.2 Å². The molecule has 3 heterocycles. The summed E-state index contributed by atoms with van der Waals surface area (Å²) in [6.45, 7) is 12.4. The zero-order chi connectivity index (χ0) is 34.7. The second kappa shape index (κ2) is 12.3. The van der Waals surface area contributed by atoms with Crippen molar-refractivity contribution in [2.75, 3.05) is 24.6 Å². The van der Waals surface area contributed by atoms with E-state index in [0.717, 1.165) is 17.2 Å². The first kappa shape index (κ1) is 32.2. The van der Waals surface area contributed by atoms with Crippen LogP contribution in [0.25, 0.3) is 44.2 Å². The highest BCUT2D eigenvalue weighted by Gasteiger charge is 2.42. The van der Waals surface area contributed by atoms with Crippen LogP contribution in [0.5, 0.6) is 11.5 Å². The lowest BCUT2D eigenvalue weighted by molar-refractivity contribution is -0.129. The summed E-state index contributed by atoms with van der Waals surface area (Å²) in [7, 11) is 0. The first-order valence-corrected chi connectivity index (χ1v) is 16.4. The minimum absolute atomic E-state index is 0.0520. The smallest absolute Gasteiger partial charge is 0.246 e. The molecule has 1 N–H and O–H groups in total. The van der Waals surface area contributed by atoms with E-state index in [-0.39, 0.29) is 41.3 Å². The summed E-state index contributed by atoms with van der Waals surface area (Å²) in [4.78, 5) is 21.3. The van der Waals surface area contributed by atoms with Crippen LogP contribution in [0.1, 0.15) is 37.9 Å². The lowest BCUT2D eigenvalue weighted by Gasteiger charge is -2.49. The number of phenolic OH excluding ortho intramolecular Hbond substituents is 1. The number of hydrogen-bond acceptors (Lipinski definition) is 5. The van der Waals surface area contributed by atoms with Crippen molar-refractivity contribution in [1.29, 1.82) is 0 Å². The van der Waals surface area contributed by atoms with E-state index in [9.17, 15) is 9.90 Å². The van der Waals surface area contributed by atoms with Crippen LogP contribution in [0.15, 0.2) is 79.5 Å². The van der Waals surface area contributed by atoms with Crippen LogP contribution in [0.3, 0.4) is 0 Å². The number of aryl methyl sites for hydroxylation is 1. The van der Waals surface area contributed by atoms with Crippen molar-refractivity contribution in [3.63, 3.8) is 0 Å². The standard InChI is InChI=1S/C40H36F3N3O3/c1-6-30(48)45-19-25-20-49-40-32(24-11-8-7-9-12-24)36(31-22(4)15-16-44-38(31)21(2)3)33-26(39(40)46(25)18-23(45)5)17-28(42)35(37(33)43)34-27(41)13-10-14-29(34)47/h6-17,21,23,25,47H,1,18-20H2,2-5H3. The number of phenols is 1. The Morgan fingerprint density at radius 1 is 0.980 bits per heavy atom. The number of anilines is 1. The first-order chi connectivity index (χ1) is 23.5. The number of carbonyl (C=O) groups excluding carboxylic acids is 1. The molecule has 250 valence electrons. The number of pyridine rings is 1. The van der Waals surface area contributed by atoms with Gasteiger partial charge in [-0.1, -0.05) is 56.8 Å². The van der Waals surface area contributed by atoms with Crippen molar-refractivity contribution in [3.8, 4) is 44.9 Å². The van der Waals surface area contributed by atoms with Gasteiger partial charge < -0.3 is 19.6 Å². The summed E-state index contributed by atoms with van der Waals surface area (Å²) in [5.74, 6) is -3.42. The molecule has 2 aliphatic rings. The molecule has 0 aliphatic carbocycles. The number of aromatic hydroxyl groups is 1. The zero-order valence-corrected chi connectivity index (χ0v) is 27.7. The van der Waals surface area contributed by atoms with Crippen molar-refractivity contribution in [2.45, 2.75) is 45.7 Å². The van der Waals surface area contributed by atoms with Gasteiger partial charge in [0.2, 0.25) is 5.91 Å². The third kappa shape index (κ3) is 5.10. The van der Waals surface area contributed by atoms with Crippen LogP contribution in [-0.4, -0.2) is 52.7 Å². The lowest BCUT2D eigenvalue weighted by atomic mass is 9.82. The second-order valence-corrected chi connectivity index (χ2v) is 13.1. The number of rotatable bonds is 5. The fourth-order valence-corrected chi connectivity index (χ4v) is 7.48. The molecule has 2 unspecified atom stereocenters. The molecule has 1 saturated heterocycles. The summed E-state index contributed by atoms with van der Waals surface area (Å²) in [5, 5.41) is 11.0. The van der Waals surface area contributed by atoms with E-state index in [1.165, 1.54) is 24.3 Å². The number of benzene rings is 4. The maximum absolute atomic E-state index is 17.7. The number of hydrogen-bond donors (Lipinski definition) is 1. The summed E-state index contributed by atoms with van der Waals surface area (Å²) < 4.78 is 56.3. The highest BCUT2D eigenvalue weighted by Crippen LogP contribution is 2.56. The van der Waals surface area contributed by atoms with E-state index in [0.29, 0.717) is 46.9 Å². The van der Waals surface area contributed by atoms with Crippen LogP contribution in [0.4, 0.5) is 18.9 Å². The van der Waals surface area contributed by atoms with Gasteiger partial charge in [0.15, 0.2) is 5.75 Å². The van der Waals surface area contributed by atoms with Gasteiger partial charge in [-0.2, -0.15) is 0 Å². The number of nitrogens with zero attached hydrogens (tertiary/aromatic N) is 3. The van der Waals surface area contributed by atoms with Gasteiger partial charge in [-0.25, -0.2) is 13.2 Å². The third-order valence-electron chi connectivity index (χ3n) is 9.71. The van der Waals surface area contributed by atoms with Gasteiger partial charge in [-0.15, -0.1) is 0 Å². The Morgan fingerprint density at radius 2 is 1.73 bits per heavy atom. The topological polar surface area (TPSA) is 65.9 Å². The quantitative estimate of drug-likeness (QED) is 0.191. The van der Waals surface area contributed by atoms with Gasteiger partial charge in [0.05, 0.1) is 28.6 Å². The van der Waals surface area contributed by atoms with Crippen molar-refractivity contribution >= 4 is 22.4 Å². The normalized spacial score (nSPS) is 17.1. The average molecular weight is 664 g/mol. The molecule has 1 fully saturated rings. The number of fused-ring (bicyclic) bond motifs is 5. The second-order valence-electron chi connectivity index (χ2n) is 13.1. The fraction of sp³-hybridized carbons (Fsp3) is 0.250. The molecule has 2 atom stereocenters. The van der Waals surface area contributed by atoms with Gasteiger partial charge >= 0.3 is 0 Å². The Bertz CT molecular complexity index is 2130. The zero-order valence-electron chi connectivity index (χ0n) is 27.7. The molecule has 49 heavy (non-hydrogen) atoms. The highest BCUT2D eigenvalue weighted by molar-refractivity contribution is 6.16. The van der Waals surface area contributed by atoms with Gasteiger partial charge in [0.1, 0.15) is 29.8 Å². The Morgan fingerprint density at radius 3 is 2.43 bits per heavy atom. The van der Waals surface area contributed by atoms with E-state index < -0.39 is 34.3 Å². The molecule has 0 saturated carbocycles. The maximum Gasteiger partial charge on any atom is 0.246 e. The van der Waals surface area contributed by atoms with Crippen LogP contribution in [0, 0.1) is 24.4 Å². The van der Waals surface area contributed by atoms with Crippen molar-refractivity contribution in [3.05, 3.63) is 108 Å². The molecule has 2 aliphatic heterocycles. The Kier molecular flexibility index (Phi) is 8.09. The number of halogens is 3. The van der Waals surface area contributed by atoms with E-state index in [1.807, 2.05) is 64.1 Å². The third-order valence-corrected chi connectivity index (χ3v) is 9.71. The molecular weight excluding hydrogens is 627 g/mol. The number of amides is 1. The molecule has 0 bridgehead atoms. The molecule has 4 aromatic carbocycles. The molecular formula is C40H36F3N3O3. The van der Waals surface area contributed by atoms with Crippen LogP contribution >= 0.6 is 0 Å². The minimum Gasteiger partial charge on any atom is -0.507 e. The molecule has 1 amide bonds. The number of ether oxygens (including phenoxy) is 1. The number of aromatic nitrogens is 1. The van der Waals surface area contributed by atoms with Crippen molar-refractivity contribution in [1.82, 2.24) is 9.88 Å². The lowest BCUT2D eigenvalue weighted by Crippen LogP contribution is -2.61. The van der Waals surface area contributed by atoms with Gasteiger partial charge in [-0.3, -0.25) is 9.78 Å². The van der Waals surface area contributed by atoms with Crippen molar-refractivity contribution < 1.29 is 27.8 Å².